The molecule has 0 saturated carbocycles. The molecule has 0 aliphatic rings. The molecule has 0 atom stereocenters. The first-order chi connectivity index (χ1) is 13.7. The number of carbonyl (C=O) groups is 1. The Morgan fingerprint density at radius 1 is 1.07 bits per heavy atom. The van der Waals surface area contributed by atoms with Crippen LogP contribution in [0.1, 0.15) is 16.2 Å². The van der Waals surface area contributed by atoms with E-state index in [1.54, 1.807) is 41.7 Å². The van der Waals surface area contributed by atoms with E-state index in [2.05, 4.69) is 20.8 Å². The third-order valence-corrected chi connectivity index (χ3v) is 5.03. The SMILES string of the molecule is O=C(Nc1ccc(Cl)cc1)c1ccccc1NCc1nc(-c2cccs2)no1. The number of nitrogens with zero attached hydrogens (tertiary/aromatic N) is 2. The molecule has 0 bridgehead atoms. The van der Waals surface area contributed by atoms with Crippen LogP contribution in [0.5, 0.6) is 0 Å². The van der Waals surface area contributed by atoms with Crippen LogP contribution in [0, 0.1) is 0 Å². The van der Waals surface area contributed by atoms with Gasteiger partial charge in [-0.25, -0.2) is 0 Å². The highest BCUT2D eigenvalue weighted by Crippen LogP contribution is 2.22. The summed E-state index contributed by atoms with van der Waals surface area (Å²) in [7, 11) is 0. The van der Waals surface area contributed by atoms with E-state index < -0.39 is 0 Å². The predicted molar refractivity (Wildman–Crippen MR) is 111 cm³/mol. The molecule has 2 N–H and O–H groups in total. The second-order valence-electron chi connectivity index (χ2n) is 5.85. The van der Waals surface area contributed by atoms with E-state index in [1.165, 1.54) is 0 Å². The van der Waals surface area contributed by atoms with Gasteiger partial charge in [0.1, 0.15) is 0 Å². The van der Waals surface area contributed by atoms with Crippen molar-refractivity contribution in [2.24, 2.45) is 0 Å². The van der Waals surface area contributed by atoms with Crippen LogP contribution in [0.4, 0.5) is 11.4 Å². The topological polar surface area (TPSA) is 80.0 Å². The zero-order valence-corrected chi connectivity index (χ0v) is 16.1. The summed E-state index contributed by atoms with van der Waals surface area (Å²) in [6, 6.07) is 18.1. The maximum absolute atomic E-state index is 12.7. The normalized spacial score (nSPS) is 10.6. The lowest BCUT2D eigenvalue weighted by Gasteiger charge is -2.11. The number of anilines is 2. The molecule has 0 radical (unpaired) electrons. The zero-order chi connectivity index (χ0) is 19.3. The second kappa shape index (κ2) is 8.24. The number of aromatic nitrogens is 2. The number of rotatable bonds is 6. The smallest absolute Gasteiger partial charge is 0.257 e. The minimum atomic E-state index is -0.227. The highest BCUT2D eigenvalue weighted by atomic mass is 35.5. The number of benzene rings is 2. The minimum Gasteiger partial charge on any atom is -0.375 e. The molecule has 0 aliphatic heterocycles. The number of para-hydroxylation sites is 1. The average Bonchev–Trinajstić information content (AvgIpc) is 3.40. The zero-order valence-electron chi connectivity index (χ0n) is 14.6. The van der Waals surface area contributed by atoms with Crippen LogP contribution in [-0.2, 0) is 6.54 Å². The molecule has 2 heterocycles. The maximum atomic E-state index is 12.7. The van der Waals surface area contributed by atoms with Gasteiger partial charge < -0.3 is 15.2 Å². The molecule has 140 valence electrons. The lowest BCUT2D eigenvalue weighted by atomic mass is 10.1. The average molecular weight is 411 g/mol. The predicted octanol–water partition coefficient (Wildman–Crippen LogP) is 5.32. The number of amides is 1. The number of thiophene rings is 1. The Hall–Kier alpha value is -3.16. The molecule has 2 aromatic heterocycles. The summed E-state index contributed by atoms with van der Waals surface area (Å²) in [6.45, 7) is 0.309. The number of nitrogens with one attached hydrogen (secondary N) is 2. The van der Waals surface area contributed by atoms with Gasteiger partial charge in [-0.3, -0.25) is 4.79 Å². The highest BCUT2D eigenvalue weighted by Gasteiger charge is 2.13. The Balaban J connectivity index is 1.45. The molecule has 0 fully saturated rings. The fourth-order valence-electron chi connectivity index (χ4n) is 2.57. The minimum absolute atomic E-state index is 0.227. The van der Waals surface area contributed by atoms with Gasteiger partial charge in [0.15, 0.2) is 0 Å². The van der Waals surface area contributed by atoms with Crippen molar-refractivity contribution in [1.29, 1.82) is 0 Å². The van der Waals surface area contributed by atoms with Crippen molar-refractivity contribution in [2.45, 2.75) is 6.54 Å². The number of carbonyl (C=O) groups excluding carboxylic acids is 1. The second-order valence-corrected chi connectivity index (χ2v) is 7.23. The molecular formula is C20H15ClN4O2S. The van der Waals surface area contributed by atoms with Crippen LogP contribution in [0.2, 0.25) is 5.02 Å². The van der Waals surface area contributed by atoms with Crippen molar-refractivity contribution in [3.8, 4) is 10.7 Å². The van der Waals surface area contributed by atoms with Crippen LogP contribution >= 0.6 is 22.9 Å². The molecule has 0 spiro atoms. The van der Waals surface area contributed by atoms with E-state index in [0.29, 0.717) is 40.2 Å². The monoisotopic (exact) mass is 410 g/mol. The third kappa shape index (κ3) is 4.21. The lowest BCUT2D eigenvalue weighted by Crippen LogP contribution is -2.14. The molecule has 4 rings (SSSR count). The van der Waals surface area contributed by atoms with Crippen molar-refractivity contribution >= 4 is 40.2 Å². The fourth-order valence-corrected chi connectivity index (χ4v) is 3.35. The van der Waals surface area contributed by atoms with E-state index in [4.69, 9.17) is 16.1 Å². The van der Waals surface area contributed by atoms with Gasteiger partial charge in [0.05, 0.1) is 17.0 Å². The summed E-state index contributed by atoms with van der Waals surface area (Å²) in [5.41, 5.74) is 1.85. The number of hydrogen-bond acceptors (Lipinski definition) is 6. The molecule has 1 amide bonds. The summed E-state index contributed by atoms with van der Waals surface area (Å²) in [5, 5.41) is 12.6. The van der Waals surface area contributed by atoms with Crippen LogP contribution < -0.4 is 10.6 Å². The van der Waals surface area contributed by atoms with Crippen LogP contribution in [0.3, 0.4) is 0 Å². The van der Waals surface area contributed by atoms with Gasteiger partial charge in [0.2, 0.25) is 11.7 Å². The standard InChI is InChI=1S/C20H15ClN4O2S/c21-13-7-9-14(10-8-13)23-20(26)15-4-1-2-5-16(15)22-12-18-24-19(25-27-18)17-6-3-11-28-17/h1-11,22H,12H2,(H,23,26). The summed E-state index contributed by atoms with van der Waals surface area (Å²) in [5.74, 6) is 0.770. The molecular weight excluding hydrogens is 396 g/mol. The molecule has 0 unspecified atom stereocenters. The van der Waals surface area contributed by atoms with Gasteiger partial charge in [-0.1, -0.05) is 35.0 Å². The number of halogens is 1. The van der Waals surface area contributed by atoms with Gasteiger partial charge >= 0.3 is 0 Å². The van der Waals surface area contributed by atoms with Crippen LogP contribution in [-0.4, -0.2) is 16.0 Å². The van der Waals surface area contributed by atoms with Gasteiger partial charge in [0.25, 0.3) is 5.91 Å². The van der Waals surface area contributed by atoms with Crippen LogP contribution in [0.25, 0.3) is 10.7 Å². The Morgan fingerprint density at radius 2 is 1.89 bits per heavy atom. The third-order valence-electron chi connectivity index (χ3n) is 3.91. The van der Waals surface area contributed by atoms with E-state index in [9.17, 15) is 4.79 Å². The molecule has 2 aromatic carbocycles. The molecule has 4 aromatic rings. The van der Waals surface area contributed by atoms with Crippen LogP contribution in [0.15, 0.2) is 70.6 Å². The summed E-state index contributed by atoms with van der Waals surface area (Å²) < 4.78 is 5.29. The van der Waals surface area contributed by atoms with E-state index in [0.717, 1.165) is 4.88 Å². The van der Waals surface area contributed by atoms with Crippen molar-refractivity contribution in [1.82, 2.24) is 10.1 Å². The van der Waals surface area contributed by atoms with Gasteiger partial charge in [-0.2, -0.15) is 4.98 Å². The van der Waals surface area contributed by atoms with Crippen molar-refractivity contribution in [3.63, 3.8) is 0 Å². The maximum Gasteiger partial charge on any atom is 0.257 e. The summed E-state index contributed by atoms with van der Waals surface area (Å²) in [4.78, 5) is 18.0. The summed E-state index contributed by atoms with van der Waals surface area (Å²) >= 11 is 7.43. The summed E-state index contributed by atoms with van der Waals surface area (Å²) in [6.07, 6.45) is 0. The van der Waals surface area contributed by atoms with E-state index >= 15 is 0 Å². The Kier molecular flexibility index (Phi) is 5.36. The Morgan fingerprint density at radius 3 is 2.68 bits per heavy atom. The van der Waals surface area contributed by atoms with E-state index in [1.807, 2.05) is 35.7 Å². The largest absolute Gasteiger partial charge is 0.375 e. The lowest BCUT2D eigenvalue weighted by molar-refractivity contribution is 0.102. The first kappa shape index (κ1) is 18.2. The van der Waals surface area contributed by atoms with Crippen molar-refractivity contribution in [2.75, 3.05) is 10.6 Å². The van der Waals surface area contributed by atoms with Gasteiger partial charge in [0, 0.05) is 16.4 Å². The first-order valence-corrected chi connectivity index (χ1v) is 9.71. The van der Waals surface area contributed by atoms with Crippen molar-refractivity contribution in [3.05, 3.63) is 82.5 Å². The Labute approximate surface area is 170 Å². The molecule has 0 saturated heterocycles. The molecule has 8 heteroatoms. The molecule has 0 aliphatic carbocycles. The quantitative estimate of drug-likeness (QED) is 0.450. The van der Waals surface area contributed by atoms with Crippen molar-refractivity contribution < 1.29 is 9.32 Å². The molecule has 6 nitrogen and oxygen atoms in total. The number of hydrogen-bond donors (Lipinski definition) is 2. The Bertz CT molecular complexity index is 1080. The molecule has 28 heavy (non-hydrogen) atoms. The van der Waals surface area contributed by atoms with E-state index in [-0.39, 0.29) is 5.91 Å². The fraction of sp³-hybridized carbons (Fsp3) is 0.0500. The van der Waals surface area contributed by atoms with Gasteiger partial charge in [-0.05, 0) is 47.8 Å². The highest BCUT2D eigenvalue weighted by molar-refractivity contribution is 7.13. The van der Waals surface area contributed by atoms with Gasteiger partial charge in [-0.15, -0.1) is 11.3 Å². The first-order valence-electron chi connectivity index (χ1n) is 8.45.